The van der Waals surface area contributed by atoms with Gasteiger partial charge in [-0.3, -0.25) is 9.36 Å². The lowest BCUT2D eigenvalue weighted by atomic mass is 10.0. The Balaban J connectivity index is 0.000000244. The molecule has 2 aromatic carbocycles. The van der Waals surface area contributed by atoms with Crippen molar-refractivity contribution in [3.05, 3.63) is 74.4 Å². The van der Waals surface area contributed by atoms with Crippen LogP contribution >= 0.6 is 22.9 Å². The maximum Gasteiger partial charge on any atom is 0.410 e. The minimum atomic E-state index is -0.143. The summed E-state index contributed by atoms with van der Waals surface area (Å²) in [4.78, 5) is 35.4. The molecule has 1 atom stereocenters. The highest BCUT2D eigenvalue weighted by atomic mass is 35.5. The maximum atomic E-state index is 13.1. The predicted molar refractivity (Wildman–Crippen MR) is 148 cm³/mol. The molecule has 6 rings (SSSR count). The van der Waals surface area contributed by atoms with E-state index in [1.54, 1.807) is 35.0 Å². The number of carbonyl (C=O) groups is 1. The molecule has 38 heavy (non-hydrogen) atoms. The lowest BCUT2D eigenvalue weighted by molar-refractivity contribution is 0.154. The lowest BCUT2D eigenvalue weighted by Gasteiger charge is -2.25. The SMILES string of the molecule is Cc1nc2cc(-c3cnc(CO)s3)c(N)cc2c(=O)n1Cc1ccc(Cl)cc1.O=C1OCC2CCCCN12. The molecule has 4 aromatic rings. The summed E-state index contributed by atoms with van der Waals surface area (Å²) in [6.45, 7) is 3.62. The van der Waals surface area contributed by atoms with Crippen LogP contribution in [0.25, 0.3) is 21.3 Å². The van der Waals surface area contributed by atoms with Crippen molar-refractivity contribution < 1.29 is 14.6 Å². The van der Waals surface area contributed by atoms with Crippen LogP contribution in [0.4, 0.5) is 10.5 Å². The molecule has 0 saturated carbocycles. The molecule has 9 nitrogen and oxygen atoms in total. The van der Waals surface area contributed by atoms with E-state index in [0.29, 0.717) is 51.6 Å². The van der Waals surface area contributed by atoms with Gasteiger partial charge in [-0.2, -0.15) is 0 Å². The zero-order chi connectivity index (χ0) is 26.8. The van der Waals surface area contributed by atoms with Gasteiger partial charge in [0.25, 0.3) is 5.56 Å². The normalized spacial score (nSPS) is 16.7. The molecule has 0 bridgehead atoms. The van der Waals surface area contributed by atoms with Gasteiger partial charge in [0.1, 0.15) is 17.4 Å². The Labute approximate surface area is 228 Å². The van der Waals surface area contributed by atoms with Crippen LogP contribution in [0.3, 0.4) is 0 Å². The van der Waals surface area contributed by atoms with Crippen molar-refractivity contribution in [2.45, 2.75) is 45.4 Å². The first kappa shape index (κ1) is 26.1. The number of hydrogen-bond donors (Lipinski definition) is 2. The Hall–Kier alpha value is -3.47. The number of cyclic esters (lactones) is 1. The van der Waals surface area contributed by atoms with Crippen molar-refractivity contribution in [1.29, 1.82) is 0 Å². The van der Waals surface area contributed by atoms with Crippen molar-refractivity contribution >= 4 is 45.6 Å². The van der Waals surface area contributed by atoms with Crippen LogP contribution < -0.4 is 11.3 Å². The molecule has 1 amide bonds. The van der Waals surface area contributed by atoms with Crippen LogP contribution in [0.5, 0.6) is 0 Å². The van der Waals surface area contributed by atoms with E-state index in [4.69, 9.17) is 22.1 Å². The van der Waals surface area contributed by atoms with Gasteiger partial charge < -0.3 is 20.5 Å². The summed E-state index contributed by atoms with van der Waals surface area (Å²) in [5.74, 6) is 0.614. The highest BCUT2D eigenvalue weighted by Crippen LogP contribution is 2.33. The topological polar surface area (TPSA) is 124 Å². The molecule has 2 saturated heterocycles. The molecule has 2 fully saturated rings. The molecule has 11 heteroatoms. The van der Waals surface area contributed by atoms with Crippen LogP contribution in [0.15, 0.2) is 47.4 Å². The van der Waals surface area contributed by atoms with Gasteiger partial charge in [0.05, 0.1) is 35.0 Å². The number of thiazole rings is 1. The van der Waals surface area contributed by atoms with E-state index in [1.807, 2.05) is 24.0 Å². The van der Waals surface area contributed by atoms with Gasteiger partial charge in [0.2, 0.25) is 0 Å². The summed E-state index contributed by atoms with van der Waals surface area (Å²) >= 11 is 7.30. The summed E-state index contributed by atoms with van der Waals surface area (Å²) in [6.07, 6.45) is 5.09. The van der Waals surface area contributed by atoms with Crippen LogP contribution in [0, 0.1) is 6.92 Å². The molecular weight excluding hydrogens is 526 g/mol. The number of ether oxygens (including phenoxy) is 1. The largest absolute Gasteiger partial charge is 0.447 e. The van der Waals surface area contributed by atoms with Gasteiger partial charge >= 0.3 is 6.09 Å². The zero-order valence-electron chi connectivity index (χ0n) is 20.9. The highest BCUT2D eigenvalue weighted by Gasteiger charge is 2.34. The summed E-state index contributed by atoms with van der Waals surface area (Å²) in [7, 11) is 0. The first-order valence-corrected chi connectivity index (χ1v) is 13.6. The second-order valence-electron chi connectivity index (χ2n) is 9.33. The molecule has 4 heterocycles. The molecule has 0 radical (unpaired) electrons. The van der Waals surface area contributed by atoms with E-state index in [9.17, 15) is 14.7 Å². The molecule has 2 aliphatic rings. The number of nitrogens with two attached hydrogens (primary N) is 1. The van der Waals surface area contributed by atoms with Crippen LogP contribution in [0.2, 0.25) is 5.02 Å². The number of aryl methyl sites for hydroxylation is 1. The quantitative estimate of drug-likeness (QED) is 0.354. The molecule has 198 valence electrons. The Morgan fingerprint density at radius 1 is 1.21 bits per heavy atom. The van der Waals surface area contributed by atoms with Gasteiger partial charge in [-0.25, -0.2) is 14.8 Å². The summed E-state index contributed by atoms with van der Waals surface area (Å²) in [5.41, 5.74) is 8.85. The number of aromatic nitrogens is 3. The maximum absolute atomic E-state index is 13.1. The fourth-order valence-corrected chi connectivity index (χ4v) is 5.68. The minimum absolute atomic E-state index is 0.107. The van der Waals surface area contributed by atoms with Crippen LogP contribution in [-0.4, -0.2) is 49.8 Å². The fourth-order valence-electron chi connectivity index (χ4n) is 4.74. The number of rotatable bonds is 4. The summed E-state index contributed by atoms with van der Waals surface area (Å²) in [6, 6.07) is 11.2. The van der Waals surface area contributed by atoms with Crippen molar-refractivity contribution in [2.24, 2.45) is 0 Å². The number of nitrogens with zero attached hydrogens (tertiary/aromatic N) is 4. The number of benzene rings is 2. The molecular formula is C27H28ClN5O4S. The number of piperidine rings is 1. The number of carbonyl (C=O) groups excluding carboxylic acids is 1. The number of anilines is 1. The Morgan fingerprint density at radius 2 is 2.00 bits per heavy atom. The molecule has 0 spiro atoms. The Kier molecular flexibility index (Phi) is 7.64. The average Bonchev–Trinajstić information content (AvgIpc) is 3.55. The molecule has 3 N–H and O–H groups in total. The van der Waals surface area contributed by atoms with Crippen molar-refractivity contribution in [3.8, 4) is 10.4 Å². The summed E-state index contributed by atoms with van der Waals surface area (Å²) < 4.78 is 6.51. The van der Waals surface area contributed by atoms with Crippen molar-refractivity contribution in [3.63, 3.8) is 0 Å². The van der Waals surface area contributed by atoms with Gasteiger partial charge in [-0.15, -0.1) is 11.3 Å². The minimum Gasteiger partial charge on any atom is -0.447 e. The number of hydrogen-bond acceptors (Lipinski definition) is 8. The average molecular weight is 554 g/mol. The second-order valence-corrected chi connectivity index (χ2v) is 10.9. The van der Waals surface area contributed by atoms with Crippen LogP contribution in [-0.2, 0) is 17.9 Å². The van der Waals surface area contributed by atoms with E-state index in [-0.39, 0.29) is 18.3 Å². The van der Waals surface area contributed by atoms with Crippen molar-refractivity contribution in [1.82, 2.24) is 19.4 Å². The third-order valence-corrected chi connectivity index (χ3v) is 8.05. The van der Waals surface area contributed by atoms with E-state index in [0.717, 1.165) is 35.4 Å². The fraction of sp³-hybridized carbons (Fsp3) is 0.333. The van der Waals surface area contributed by atoms with Gasteiger partial charge in [0, 0.05) is 29.0 Å². The number of halogens is 1. The van der Waals surface area contributed by atoms with Gasteiger partial charge in [-0.05, 0) is 56.0 Å². The monoisotopic (exact) mass is 553 g/mol. The first-order valence-electron chi connectivity index (χ1n) is 12.4. The molecule has 2 aromatic heterocycles. The van der Waals surface area contributed by atoms with Gasteiger partial charge in [0.15, 0.2) is 0 Å². The third kappa shape index (κ3) is 5.38. The van der Waals surface area contributed by atoms with E-state index in [1.165, 1.54) is 17.8 Å². The van der Waals surface area contributed by atoms with Crippen molar-refractivity contribution in [2.75, 3.05) is 18.9 Å². The predicted octanol–water partition coefficient (Wildman–Crippen LogP) is 4.60. The standard InChI is InChI=1S/C20H17ClN4O2S.C7H11NO2/c1-11-24-17-7-14(18-8-23-19(10-26)28-18)16(22)6-15(17)20(27)25(11)9-12-2-4-13(21)5-3-12;9-7-8-4-2-1-3-6(8)5-10-7/h2-8,26H,9-10,22H2,1H3;6H,1-5H2. The third-order valence-electron chi connectivity index (χ3n) is 6.79. The Bertz CT molecular complexity index is 1540. The summed E-state index contributed by atoms with van der Waals surface area (Å²) in [5, 5.41) is 11.0. The highest BCUT2D eigenvalue weighted by molar-refractivity contribution is 7.15. The first-order chi connectivity index (χ1) is 18.3. The van der Waals surface area contributed by atoms with E-state index >= 15 is 0 Å². The second kappa shape index (κ2) is 11.1. The number of aliphatic hydroxyl groups excluding tert-OH is 1. The van der Waals surface area contributed by atoms with Crippen LogP contribution in [0.1, 0.15) is 35.7 Å². The smallest absolute Gasteiger partial charge is 0.410 e. The van der Waals surface area contributed by atoms with E-state index < -0.39 is 0 Å². The van der Waals surface area contributed by atoms with Gasteiger partial charge in [-0.1, -0.05) is 23.7 Å². The Morgan fingerprint density at radius 3 is 2.71 bits per heavy atom. The number of fused-ring (bicyclic) bond motifs is 2. The zero-order valence-corrected chi connectivity index (χ0v) is 22.5. The number of nitrogen functional groups attached to an aromatic ring is 1. The molecule has 0 aliphatic carbocycles. The lowest BCUT2D eigenvalue weighted by Crippen LogP contribution is -2.37. The number of amides is 1. The molecule has 2 aliphatic heterocycles. The van der Waals surface area contributed by atoms with E-state index in [2.05, 4.69) is 9.97 Å². The molecule has 1 unspecified atom stereocenters. The number of aliphatic hydroxyl groups is 1.